The maximum atomic E-state index is 11.6. The zero-order valence-electron chi connectivity index (χ0n) is 11.3. The van der Waals surface area contributed by atoms with Crippen molar-refractivity contribution in [2.24, 2.45) is 0 Å². The van der Waals surface area contributed by atoms with Gasteiger partial charge in [-0.2, -0.15) is 0 Å². The number of fused-ring (bicyclic) bond motifs is 1. The van der Waals surface area contributed by atoms with Crippen molar-refractivity contribution >= 4 is 16.9 Å². The van der Waals surface area contributed by atoms with Crippen LogP contribution in [0.4, 0.5) is 0 Å². The van der Waals surface area contributed by atoms with E-state index in [0.29, 0.717) is 17.8 Å². The third-order valence-electron chi connectivity index (χ3n) is 3.14. The van der Waals surface area contributed by atoms with Crippen LogP contribution in [0.1, 0.15) is 16.1 Å². The molecule has 0 unspecified atom stereocenters. The zero-order valence-corrected chi connectivity index (χ0v) is 11.3. The molecule has 0 N–H and O–H groups in total. The lowest BCUT2D eigenvalue weighted by Crippen LogP contribution is -2.10. The lowest BCUT2D eigenvalue weighted by Gasteiger charge is -2.07. The van der Waals surface area contributed by atoms with Crippen LogP contribution in [0.2, 0.25) is 0 Å². The van der Waals surface area contributed by atoms with Crippen LogP contribution >= 0.6 is 0 Å². The fourth-order valence-corrected chi connectivity index (χ4v) is 2.14. The Hall–Kier alpha value is -2.89. The van der Waals surface area contributed by atoms with Crippen molar-refractivity contribution in [3.8, 4) is 0 Å². The number of hydrogen-bond donors (Lipinski definition) is 0. The maximum absolute atomic E-state index is 11.6. The Morgan fingerprint density at radius 3 is 3.00 bits per heavy atom. The van der Waals surface area contributed by atoms with Gasteiger partial charge in [0.1, 0.15) is 11.3 Å². The van der Waals surface area contributed by atoms with Crippen LogP contribution < -0.4 is 5.63 Å². The summed E-state index contributed by atoms with van der Waals surface area (Å²) in [6.45, 7) is 0.472. The minimum absolute atomic E-state index is 0.377. The summed E-state index contributed by atoms with van der Waals surface area (Å²) in [7, 11) is 1.33. The van der Waals surface area contributed by atoms with Gasteiger partial charge in [0, 0.05) is 18.0 Å². The largest absolute Gasteiger partial charge is 0.464 e. The summed E-state index contributed by atoms with van der Waals surface area (Å²) in [6, 6.07) is 8.56. The number of esters is 1. The topological polar surface area (TPSA) is 74.3 Å². The third-order valence-corrected chi connectivity index (χ3v) is 3.14. The SMILES string of the molecule is COC(=O)c1cncn1Cc1ccc2oc(=O)ccc2c1. The van der Waals surface area contributed by atoms with Gasteiger partial charge in [-0.25, -0.2) is 14.6 Å². The molecule has 0 atom stereocenters. The van der Waals surface area contributed by atoms with Gasteiger partial charge in [0.2, 0.25) is 0 Å². The van der Waals surface area contributed by atoms with Crippen LogP contribution in [0.5, 0.6) is 0 Å². The minimum atomic E-state index is -0.431. The summed E-state index contributed by atoms with van der Waals surface area (Å²) < 4.78 is 11.5. The summed E-state index contributed by atoms with van der Waals surface area (Å²) in [5.74, 6) is -0.431. The average Bonchev–Trinajstić information content (AvgIpc) is 2.94. The van der Waals surface area contributed by atoms with Crippen LogP contribution in [-0.2, 0) is 11.3 Å². The second-order valence-electron chi connectivity index (χ2n) is 4.52. The quantitative estimate of drug-likeness (QED) is 0.542. The van der Waals surface area contributed by atoms with E-state index in [1.165, 1.54) is 19.4 Å². The van der Waals surface area contributed by atoms with E-state index >= 15 is 0 Å². The van der Waals surface area contributed by atoms with Crippen LogP contribution in [-0.4, -0.2) is 22.6 Å². The van der Waals surface area contributed by atoms with E-state index in [1.54, 1.807) is 23.0 Å². The van der Waals surface area contributed by atoms with Crippen LogP contribution in [0, 0.1) is 0 Å². The second kappa shape index (κ2) is 5.24. The molecular formula is C15H12N2O4. The second-order valence-corrected chi connectivity index (χ2v) is 4.52. The van der Waals surface area contributed by atoms with Gasteiger partial charge in [-0.1, -0.05) is 6.07 Å². The van der Waals surface area contributed by atoms with Gasteiger partial charge in [-0.3, -0.25) is 0 Å². The molecular weight excluding hydrogens is 272 g/mol. The number of imidazole rings is 1. The number of nitrogens with zero attached hydrogens (tertiary/aromatic N) is 2. The summed E-state index contributed by atoms with van der Waals surface area (Å²) in [4.78, 5) is 26.7. The molecule has 0 amide bonds. The van der Waals surface area contributed by atoms with Crippen molar-refractivity contribution in [1.29, 1.82) is 0 Å². The highest BCUT2D eigenvalue weighted by Crippen LogP contribution is 2.15. The molecule has 0 fully saturated rings. The molecule has 3 rings (SSSR count). The molecule has 0 aliphatic rings. The standard InChI is InChI=1S/C15H12N2O4/c1-20-15(19)12-7-16-9-17(12)8-10-2-4-13-11(6-10)3-5-14(18)21-13/h2-7,9H,8H2,1H3. The molecule has 21 heavy (non-hydrogen) atoms. The van der Waals surface area contributed by atoms with Crippen molar-refractivity contribution in [2.75, 3.05) is 7.11 Å². The number of rotatable bonds is 3. The van der Waals surface area contributed by atoms with Crippen molar-refractivity contribution in [1.82, 2.24) is 9.55 Å². The first kappa shape index (κ1) is 13.1. The van der Waals surface area contributed by atoms with Crippen molar-refractivity contribution in [2.45, 2.75) is 6.54 Å². The number of methoxy groups -OCH3 is 1. The van der Waals surface area contributed by atoms with E-state index in [-0.39, 0.29) is 5.63 Å². The average molecular weight is 284 g/mol. The van der Waals surface area contributed by atoms with Crippen LogP contribution in [0.25, 0.3) is 11.0 Å². The molecule has 6 nitrogen and oxygen atoms in total. The highest BCUT2D eigenvalue weighted by Gasteiger charge is 2.12. The molecule has 0 aliphatic carbocycles. The molecule has 6 heteroatoms. The Kier molecular flexibility index (Phi) is 3.27. The molecule has 1 aromatic carbocycles. The predicted molar refractivity (Wildman–Crippen MR) is 75.2 cm³/mol. The van der Waals surface area contributed by atoms with E-state index in [0.717, 1.165) is 10.9 Å². The Morgan fingerprint density at radius 2 is 2.19 bits per heavy atom. The molecule has 0 saturated carbocycles. The Labute approximate surface area is 119 Å². The van der Waals surface area contributed by atoms with Crippen molar-refractivity contribution in [3.63, 3.8) is 0 Å². The Morgan fingerprint density at radius 1 is 1.33 bits per heavy atom. The van der Waals surface area contributed by atoms with Gasteiger partial charge in [0.15, 0.2) is 0 Å². The number of hydrogen-bond acceptors (Lipinski definition) is 5. The maximum Gasteiger partial charge on any atom is 0.356 e. The Bertz CT molecular complexity index is 863. The first-order valence-corrected chi connectivity index (χ1v) is 6.28. The molecule has 0 bridgehead atoms. The Balaban J connectivity index is 1.95. The molecule has 106 valence electrons. The highest BCUT2D eigenvalue weighted by molar-refractivity contribution is 5.87. The number of benzene rings is 1. The first-order valence-electron chi connectivity index (χ1n) is 6.28. The van der Waals surface area contributed by atoms with E-state index < -0.39 is 5.97 Å². The smallest absolute Gasteiger partial charge is 0.356 e. The lowest BCUT2D eigenvalue weighted by atomic mass is 10.1. The van der Waals surface area contributed by atoms with Gasteiger partial charge >= 0.3 is 11.6 Å². The fraction of sp³-hybridized carbons (Fsp3) is 0.133. The molecule has 0 spiro atoms. The van der Waals surface area contributed by atoms with Crippen molar-refractivity contribution < 1.29 is 13.9 Å². The number of carbonyl (C=O) groups excluding carboxylic acids is 1. The summed E-state index contributed by atoms with van der Waals surface area (Å²) in [6.07, 6.45) is 3.04. The first-order chi connectivity index (χ1) is 10.2. The van der Waals surface area contributed by atoms with E-state index in [4.69, 9.17) is 9.15 Å². The minimum Gasteiger partial charge on any atom is -0.464 e. The predicted octanol–water partition coefficient (Wildman–Crippen LogP) is 1.82. The van der Waals surface area contributed by atoms with E-state index in [2.05, 4.69) is 4.98 Å². The summed E-state index contributed by atoms with van der Waals surface area (Å²) >= 11 is 0. The number of ether oxygens (including phenoxy) is 1. The van der Waals surface area contributed by atoms with Gasteiger partial charge in [0.05, 0.1) is 19.6 Å². The molecule has 0 saturated heterocycles. The zero-order chi connectivity index (χ0) is 14.8. The van der Waals surface area contributed by atoms with Gasteiger partial charge in [0.25, 0.3) is 0 Å². The molecule has 2 aromatic heterocycles. The molecule has 0 aliphatic heterocycles. The lowest BCUT2D eigenvalue weighted by molar-refractivity contribution is 0.0589. The van der Waals surface area contributed by atoms with E-state index in [9.17, 15) is 9.59 Å². The van der Waals surface area contributed by atoms with Crippen LogP contribution in [0.15, 0.2) is 52.1 Å². The van der Waals surface area contributed by atoms with Gasteiger partial charge in [-0.05, 0) is 23.8 Å². The monoisotopic (exact) mass is 284 g/mol. The van der Waals surface area contributed by atoms with Crippen molar-refractivity contribution in [3.05, 3.63) is 64.5 Å². The van der Waals surface area contributed by atoms with E-state index in [1.807, 2.05) is 12.1 Å². The fourth-order valence-electron chi connectivity index (χ4n) is 2.14. The molecule has 2 heterocycles. The normalized spacial score (nSPS) is 10.7. The van der Waals surface area contributed by atoms with Gasteiger partial charge < -0.3 is 13.7 Å². The third kappa shape index (κ3) is 2.55. The summed E-state index contributed by atoms with van der Waals surface area (Å²) in [5.41, 5.74) is 1.50. The number of carbonyl (C=O) groups is 1. The molecule has 0 radical (unpaired) electrons. The highest BCUT2D eigenvalue weighted by atomic mass is 16.5. The van der Waals surface area contributed by atoms with Crippen LogP contribution in [0.3, 0.4) is 0 Å². The van der Waals surface area contributed by atoms with Gasteiger partial charge in [-0.15, -0.1) is 0 Å². The summed E-state index contributed by atoms with van der Waals surface area (Å²) in [5, 5.41) is 0.826. The number of aromatic nitrogens is 2. The molecule has 3 aromatic rings.